The van der Waals surface area contributed by atoms with Crippen molar-refractivity contribution in [1.82, 2.24) is 15.4 Å². The molecule has 9 nitrogen and oxygen atoms in total. The first-order chi connectivity index (χ1) is 14.7. The number of nitrogens with zero attached hydrogens (tertiary/aromatic N) is 3. The Bertz CT molecular complexity index is 931. The quantitative estimate of drug-likeness (QED) is 0.633. The highest BCUT2D eigenvalue weighted by molar-refractivity contribution is 5.70. The van der Waals surface area contributed by atoms with Crippen molar-refractivity contribution in [3.63, 3.8) is 0 Å². The second kappa shape index (κ2) is 9.36. The maximum absolute atomic E-state index is 12.0. The summed E-state index contributed by atoms with van der Waals surface area (Å²) in [6, 6.07) is 13.1. The summed E-state index contributed by atoms with van der Waals surface area (Å²) >= 11 is 0. The van der Waals surface area contributed by atoms with Gasteiger partial charge in [0, 0.05) is 45.0 Å². The Labute approximate surface area is 174 Å². The Morgan fingerprint density at radius 1 is 1.13 bits per heavy atom. The molecule has 0 spiro atoms. The summed E-state index contributed by atoms with van der Waals surface area (Å²) in [6.07, 6.45) is 0.966. The minimum absolute atomic E-state index is 0.0898. The van der Waals surface area contributed by atoms with E-state index in [0.717, 1.165) is 38.5 Å². The van der Waals surface area contributed by atoms with Gasteiger partial charge in [-0.25, -0.2) is 4.79 Å². The number of carbonyl (C=O) groups is 1. The molecule has 4 rings (SSSR count). The fourth-order valence-corrected chi connectivity index (χ4v) is 3.31. The van der Waals surface area contributed by atoms with E-state index in [4.69, 9.17) is 18.4 Å². The summed E-state index contributed by atoms with van der Waals surface area (Å²) in [5.74, 6) is 1.87. The Morgan fingerprint density at radius 2 is 1.93 bits per heavy atom. The molecule has 0 saturated carbocycles. The molecule has 0 radical (unpaired) electrons. The zero-order valence-electron chi connectivity index (χ0n) is 16.7. The smallest absolute Gasteiger partial charge is 0.414 e. The lowest BCUT2D eigenvalue weighted by atomic mass is 10.2. The molecule has 30 heavy (non-hydrogen) atoms. The molecule has 158 valence electrons. The molecule has 2 aromatic heterocycles. The van der Waals surface area contributed by atoms with Gasteiger partial charge in [0.15, 0.2) is 5.76 Å². The number of methoxy groups -OCH3 is 1. The van der Waals surface area contributed by atoms with Crippen molar-refractivity contribution in [3.05, 3.63) is 48.7 Å². The van der Waals surface area contributed by atoms with Crippen molar-refractivity contribution in [2.75, 3.05) is 51.3 Å². The third-order valence-electron chi connectivity index (χ3n) is 4.96. The fraction of sp³-hybridized carbons (Fsp3) is 0.333. The summed E-state index contributed by atoms with van der Waals surface area (Å²) < 4.78 is 20.7. The monoisotopic (exact) mass is 412 g/mol. The van der Waals surface area contributed by atoms with Crippen LogP contribution in [0.4, 0.5) is 10.5 Å². The van der Waals surface area contributed by atoms with Gasteiger partial charge in [-0.3, -0.25) is 4.90 Å². The van der Waals surface area contributed by atoms with Gasteiger partial charge in [-0.05, 0) is 41.6 Å². The zero-order chi connectivity index (χ0) is 20.8. The highest BCUT2D eigenvalue weighted by atomic mass is 16.6. The van der Waals surface area contributed by atoms with Crippen LogP contribution in [0.5, 0.6) is 11.6 Å². The molecule has 1 N–H and O–H groups in total. The van der Waals surface area contributed by atoms with Crippen LogP contribution in [-0.4, -0.2) is 62.5 Å². The third kappa shape index (κ3) is 4.93. The molecule has 1 saturated heterocycles. The first kappa shape index (κ1) is 19.8. The maximum Gasteiger partial charge on any atom is 0.414 e. The van der Waals surface area contributed by atoms with Crippen LogP contribution >= 0.6 is 0 Å². The number of benzene rings is 1. The summed E-state index contributed by atoms with van der Waals surface area (Å²) in [7, 11) is 1.67. The summed E-state index contributed by atoms with van der Waals surface area (Å²) in [6.45, 7) is 4.97. The van der Waals surface area contributed by atoms with E-state index in [2.05, 4.69) is 32.4 Å². The van der Waals surface area contributed by atoms with Crippen LogP contribution in [0.25, 0.3) is 11.5 Å². The largest absolute Gasteiger partial charge is 0.497 e. The SMILES string of the molecule is COc1ccc(N2CCN(CCNC(=O)Oc3cc(-c4ccco4)on3)CC2)cc1. The minimum atomic E-state index is -0.564. The van der Waals surface area contributed by atoms with E-state index < -0.39 is 6.09 Å². The Morgan fingerprint density at radius 3 is 2.63 bits per heavy atom. The topological polar surface area (TPSA) is 93.2 Å². The van der Waals surface area contributed by atoms with Crippen LogP contribution in [0.1, 0.15) is 0 Å². The molecular weight excluding hydrogens is 388 g/mol. The number of amides is 1. The van der Waals surface area contributed by atoms with Crippen LogP contribution < -0.4 is 19.7 Å². The van der Waals surface area contributed by atoms with Crippen molar-refractivity contribution < 1.29 is 23.2 Å². The molecule has 0 bridgehead atoms. The van der Waals surface area contributed by atoms with E-state index >= 15 is 0 Å². The van der Waals surface area contributed by atoms with Gasteiger partial charge in [-0.15, -0.1) is 0 Å². The van der Waals surface area contributed by atoms with Crippen molar-refractivity contribution in [2.45, 2.75) is 0 Å². The van der Waals surface area contributed by atoms with E-state index in [0.29, 0.717) is 18.1 Å². The molecule has 0 atom stereocenters. The van der Waals surface area contributed by atoms with E-state index in [-0.39, 0.29) is 5.88 Å². The molecular formula is C21H24N4O5. The summed E-state index contributed by atoms with van der Waals surface area (Å²) in [4.78, 5) is 16.6. The second-order valence-electron chi connectivity index (χ2n) is 6.85. The molecule has 1 aliphatic heterocycles. The summed E-state index contributed by atoms with van der Waals surface area (Å²) in [5, 5.41) is 6.46. The van der Waals surface area contributed by atoms with Gasteiger partial charge in [0.1, 0.15) is 5.75 Å². The maximum atomic E-state index is 12.0. The van der Waals surface area contributed by atoms with E-state index in [1.807, 2.05) is 12.1 Å². The fourth-order valence-electron chi connectivity index (χ4n) is 3.31. The lowest BCUT2D eigenvalue weighted by Gasteiger charge is -2.36. The molecule has 0 unspecified atom stereocenters. The van der Waals surface area contributed by atoms with Gasteiger partial charge >= 0.3 is 6.09 Å². The predicted octanol–water partition coefficient (Wildman–Crippen LogP) is 2.85. The minimum Gasteiger partial charge on any atom is -0.497 e. The number of nitrogens with one attached hydrogen (secondary N) is 1. The van der Waals surface area contributed by atoms with Gasteiger partial charge in [0.05, 0.1) is 19.4 Å². The average molecular weight is 412 g/mol. The molecule has 3 aromatic rings. The van der Waals surface area contributed by atoms with E-state index in [1.54, 1.807) is 19.2 Å². The second-order valence-corrected chi connectivity index (χ2v) is 6.85. The molecule has 1 aliphatic rings. The van der Waals surface area contributed by atoms with Crippen LogP contribution in [0, 0.1) is 0 Å². The van der Waals surface area contributed by atoms with Crippen molar-refractivity contribution in [3.8, 4) is 23.1 Å². The standard InChI is InChI=1S/C21H24N4O5/c1-27-17-6-4-16(5-7-17)25-12-10-24(11-13-25)9-8-22-21(26)29-20-15-19(30-23-20)18-3-2-14-28-18/h2-7,14-15H,8-13H2,1H3,(H,22,26). The van der Waals surface area contributed by atoms with Crippen molar-refractivity contribution in [2.24, 2.45) is 0 Å². The van der Waals surface area contributed by atoms with E-state index in [9.17, 15) is 4.79 Å². The van der Waals surface area contributed by atoms with E-state index in [1.165, 1.54) is 18.0 Å². The predicted molar refractivity (Wildman–Crippen MR) is 110 cm³/mol. The van der Waals surface area contributed by atoms with Gasteiger partial charge in [-0.2, -0.15) is 0 Å². The lowest BCUT2D eigenvalue weighted by Crippen LogP contribution is -2.48. The zero-order valence-corrected chi connectivity index (χ0v) is 16.7. The summed E-state index contributed by atoms with van der Waals surface area (Å²) in [5.41, 5.74) is 1.19. The van der Waals surface area contributed by atoms with Crippen LogP contribution in [-0.2, 0) is 0 Å². The number of carbonyl (C=O) groups excluding carboxylic acids is 1. The highest BCUT2D eigenvalue weighted by Gasteiger charge is 2.18. The number of rotatable bonds is 7. The van der Waals surface area contributed by atoms with Gasteiger partial charge in [0.25, 0.3) is 5.88 Å². The van der Waals surface area contributed by atoms with Gasteiger partial charge in [0.2, 0.25) is 5.76 Å². The number of hydrogen-bond acceptors (Lipinski definition) is 8. The molecule has 1 fully saturated rings. The highest BCUT2D eigenvalue weighted by Crippen LogP contribution is 2.24. The number of aromatic nitrogens is 1. The van der Waals surface area contributed by atoms with Crippen molar-refractivity contribution >= 4 is 11.8 Å². The Balaban J connectivity index is 1.16. The average Bonchev–Trinajstić information content (AvgIpc) is 3.46. The molecule has 1 aromatic carbocycles. The Hall–Kier alpha value is -3.46. The number of anilines is 1. The number of furan rings is 1. The third-order valence-corrected chi connectivity index (χ3v) is 4.96. The molecule has 9 heteroatoms. The van der Waals surface area contributed by atoms with Crippen LogP contribution in [0.15, 0.2) is 57.7 Å². The number of hydrogen-bond donors (Lipinski definition) is 1. The number of ether oxygens (including phenoxy) is 2. The van der Waals surface area contributed by atoms with Crippen LogP contribution in [0.3, 0.4) is 0 Å². The van der Waals surface area contributed by atoms with Gasteiger partial charge < -0.3 is 28.6 Å². The first-order valence-electron chi connectivity index (χ1n) is 9.79. The first-order valence-corrected chi connectivity index (χ1v) is 9.79. The molecule has 1 amide bonds. The molecule has 0 aliphatic carbocycles. The van der Waals surface area contributed by atoms with Crippen LogP contribution in [0.2, 0.25) is 0 Å². The lowest BCUT2D eigenvalue weighted by molar-refractivity contribution is 0.191. The normalized spacial score (nSPS) is 14.5. The Kier molecular flexibility index (Phi) is 6.19. The number of piperazine rings is 1. The van der Waals surface area contributed by atoms with Crippen molar-refractivity contribution in [1.29, 1.82) is 0 Å². The van der Waals surface area contributed by atoms with Gasteiger partial charge in [-0.1, -0.05) is 0 Å². The molecule has 3 heterocycles.